The topological polar surface area (TPSA) is 86.6 Å². The Kier molecular flexibility index (Phi) is 4.71. The number of nitrogens with one attached hydrogen (secondary N) is 1. The van der Waals surface area contributed by atoms with Gasteiger partial charge in [0.2, 0.25) is 0 Å². The summed E-state index contributed by atoms with van der Waals surface area (Å²) in [6.07, 6.45) is 0.355. The fraction of sp³-hybridized carbons (Fsp3) is 0.385. The Labute approximate surface area is 105 Å². The summed E-state index contributed by atoms with van der Waals surface area (Å²) in [6.45, 7) is 3.67. The highest BCUT2D eigenvalue weighted by molar-refractivity contribution is 5.96. The van der Waals surface area contributed by atoms with Crippen molar-refractivity contribution in [1.82, 2.24) is 5.32 Å². The lowest BCUT2D eigenvalue weighted by molar-refractivity contribution is -0.141. The summed E-state index contributed by atoms with van der Waals surface area (Å²) in [7, 11) is 0. The highest BCUT2D eigenvalue weighted by Gasteiger charge is 2.13. The van der Waals surface area contributed by atoms with Gasteiger partial charge in [0.05, 0.1) is 11.5 Å². The summed E-state index contributed by atoms with van der Waals surface area (Å²) in [5.74, 6) is -1.86. The summed E-state index contributed by atoms with van der Waals surface area (Å²) < 4.78 is 0. The molecule has 98 valence electrons. The number of carboxylic acids is 1. The molecule has 0 radical (unpaired) electrons. The summed E-state index contributed by atoms with van der Waals surface area (Å²) in [6, 6.07) is 4.76. The van der Waals surface area contributed by atoms with Crippen LogP contribution in [-0.4, -0.2) is 28.6 Å². The van der Waals surface area contributed by atoms with Crippen LogP contribution in [0.15, 0.2) is 18.2 Å². The molecular weight excluding hydrogens is 234 g/mol. The van der Waals surface area contributed by atoms with Gasteiger partial charge in [-0.2, -0.15) is 0 Å². The van der Waals surface area contributed by atoms with Crippen LogP contribution >= 0.6 is 0 Å². The molecule has 1 atom stereocenters. The molecule has 1 aromatic carbocycles. The van der Waals surface area contributed by atoms with Crippen LogP contribution in [0.3, 0.4) is 0 Å². The number of hydrogen-bond acceptors (Lipinski definition) is 3. The Hall–Kier alpha value is -2.04. The third-order valence-corrected chi connectivity index (χ3v) is 2.68. The normalized spacial score (nSPS) is 11.9. The fourth-order valence-electron chi connectivity index (χ4n) is 1.45. The van der Waals surface area contributed by atoms with E-state index in [1.165, 1.54) is 6.07 Å². The predicted molar refractivity (Wildman–Crippen MR) is 66.6 cm³/mol. The van der Waals surface area contributed by atoms with Crippen LogP contribution in [0.4, 0.5) is 0 Å². The van der Waals surface area contributed by atoms with Crippen molar-refractivity contribution >= 4 is 11.9 Å². The number of hydrogen-bond donors (Lipinski definition) is 3. The molecule has 1 aromatic rings. The first-order valence-corrected chi connectivity index (χ1v) is 5.72. The number of phenolic OH excluding ortho intramolecular Hbond substituents is 1. The van der Waals surface area contributed by atoms with Gasteiger partial charge in [-0.15, -0.1) is 0 Å². The Morgan fingerprint density at radius 1 is 1.39 bits per heavy atom. The summed E-state index contributed by atoms with van der Waals surface area (Å²) in [5, 5.41) is 20.8. The van der Waals surface area contributed by atoms with Crippen molar-refractivity contribution in [2.45, 2.75) is 20.3 Å². The molecule has 0 saturated heterocycles. The van der Waals surface area contributed by atoms with Crippen molar-refractivity contribution < 1.29 is 19.8 Å². The molecule has 0 heterocycles. The summed E-state index contributed by atoms with van der Waals surface area (Å²) >= 11 is 0. The molecule has 1 unspecified atom stereocenters. The first-order chi connectivity index (χ1) is 8.41. The highest BCUT2D eigenvalue weighted by Crippen LogP contribution is 2.17. The second-order valence-corrected chi connectivity index (χ2v) is 4.30. The zero-order valence-electron chi connectivity index (χ0n) is 10.4. The maximum Gasteiger partial charge on any atom is 0.306 e. The van der Waals surface area contributed by atoms with E-state index in [1.54, 1.807) is 19.1 Å². The number of rotatable bonds is 5. The van der Waals surface area contributed by atoms with Gasteiger partial charge in [-0.1, -0.05) is 18.6 Å². The van der Waals surface area contributed by atoms with E-state index in [-0.39, 0.29) is 17.9 Å². The van der Waals surface area contributed by atoms with Gasteiger partial charge in [0, 0.05) is 6.54 Å². The van der Waals surface area contributed by atoms with E-state index in [2.05, 4.69) is 5.32 Å². The lowest BCUT2D eigenvalue weighted by Gasteiger charge is -2.09. The maximum absolute atomic E-state index is 11.8. The minimum Gasteiger partial charge on any atom is -0.507 e. The number of carbonyl (C=O) groups is 2. The van der Waals surface area contributed by atoms with Crippen LogP contribution in [0.1, 0.15) is 29.3 Å². The zero-order chi connectivity index (χ0) is 13.7. The van der Waals surface area contributed by atoms with E-state index in [1.807, 2.05) is 6.92 Å². The minimum atomic E-state index is -0.886. The predicted octanol–water partition coefficient (Wildman–Crippen LogP) is 1.54. The molecule has 0 bridgehead atoms. The average molecular weight is 251 g/mol. The molecule has 5 nitrogen and oxygen atoms in total. The van der Waals surface area contributed by atoms with Gasteiger partial charge in [0.25, 0.3) is 5.91 Å². The fourth-order valence-corrected chi connectivity index (χ4v) is 1.45. The number of aliphatic carboxylic acids is 1. The molecule has 0 aliphatic rings. The third kappa shape index (κ3) is 3.76. The van der Waals surface area contributed by atoms with Crippen molar-refractivity contribution in [3.8, 4) is 5.75 Å². The Bertz CT molecular complexity index is 456. The van der Waals surface area contributed by atoms with Crippen LogP contribution < -0.4 is 5.32 Å². The van der Waals surface area contributed by atoms with Crippen LogP contribution in [0.25, 0.3) is 0 Å². The molecular formula is C13H17NO4. The van der Waals surface area contributed by atoms with Gasteiger partial charge < -0.3 is 15.5 Å². The number of benzene rings is 1. The highest BCUT2D eigenvalue weighted by atomic mass is 16.4. The first-order valence-electron chi connectivity index (χ1n) is 5.72. The Balaban J connectivity index is 2.55. The van der Waals surface area contributed by atoms with E-state index in [4.69, 9.17) is 5.11 Å². The van der Waals surface area contributed by atoms with Gasteiger partial charge in [0.15, 0.2) is 0 Å². The van der Waals surface area contributed by atoms with E-state index in [0.29, 0.717) is 6.42 Å². The number of carbonyl (C=O) groups excluding carboxylic acids is 1. The standard InChI is InChI=1S/C13H17NO4/c1-8-3-4-11(15)10(7-8)12(16)14-6-5-9(2)13(17)18/h3-4,7,9,15H,5-6H2,1-2H3,(H,14,16)(H,17,18). The molecule has 0 spiro atoms. The van der Waals surface area contributed by atoms with Gasteiger partial charge in [-0.05, 0) is 25.5 Å². The van der Waals surface area contributed by atoms with E-state index in [9.17, 15) is 14.7 Å². The van der Waals surface area contributed by atoms with Crippen molar-refractivity contribution in [3.05, 3.63) is 29.3 Å². The van der Waals surface area contributed by atoms with Crippen LogP contribution in [-0.2, 0) is 4.79 Å². The van der Waals surface area contributed by atoms with Crippen molar-refractivity contribution in [2.75, 3.05) is 6.54 Å². The SMILES string of the molecule is Cc1ccc(O)c(C(=O)NCCC(C)C(=O)O)c1. The largest absolute Gasteiger partial charge is 0.507 e. The Morgan fingerprint density at radius 2 is 2.06 bits per heavy atom. The van der Waals surface area contributed by atoms with Crippen molar-refractivity contribution in [1.29, 1.82) is 0 Å². The molecule has 0 aromatic heterocycles. The van der Waals surface area contributed by atoms with Crippen molar-refractivity contribution in [3.63, 3.8) is 0 Å². The average Bonchev–Trinajstić information content (AvgIpc) is 2.31. The third-order valence-electron chi connectivity index (χ3n) is 2.68. The van der Waals surface area contributed by atoms with Gasteiger partial charge in [0.1, 0.15) is 5.75 Å². The lowest BCUT2D eigenvalue weighted by Crippen LogP contribution is -2.27. The number of phenols is 1. The quantitative estimate of drug-likeness (QED) is 0.740. The molecule has 1 amide bonds. The number of aryl methyl sites for hydroxylation is 1. The minimum absolute atomic E-state index is 0.0793. The van der Waals surface area contributed by atoms with Gasteiger partial charge in [-0.3, -0.25) is 9.59 Å². The lowest BCUT2D eigenvalue weighted by atomic mass is 10.1. The van der Waals surface area contributed by atoms with Gasteiger partial charge in [-0.25, -0.2) is 0 Å². The summed E-state index contributed by atoms with van der Waals surface area (Å²) in [5.41, 5.74) is 1.08. The molecule has 0 saturated carbocycles. The smallest absolute Gasteiger partial charge is 0.306 e. The van der Waals surface area contributed by atoms with Crippen LogP contribution in [0.2, 0.25) is 0 Å². The number of aromatic hydroxyl groups is 1. The molecule has 3 N–H and O–H groups in total. The van der Waals surface area contributed by atoms with Crippen molar-refractivity contribution in [2.24, 2.45) is 5.92 Å². The van der Waals surface area contributed by atoms with Gasteiger partial charge >= 0.3 is 5.97 Å². The molecule has 0 aliphatic carbocycles. The monoisotopic (exact) mass is 251 g/mol. The molecule has 0 aliphatic heterocycles. The van der Waals surface area contributed by atoms with Crippen LogP contribution in [0, 0.1) is 12.8 Å². The second-order valence-electron chi connectivity index (χ2n) is 4.30. The molecule has 0 fully saturated rings. The number of amides is 1. The molecule has 18 heavy (non-hydrogen) atoms. The first kappa shape index (κ1) is 14.0. The zero-order valence-corrected chi connectivity index (χ0v) is 10.4. The van der Waals surface area contributed by atoms with E-state index >= 15 is 0 Å². The van der Waals surface area contributed by atoms with E-state index < -0.39 is 17.8 Å². The summed E-state index contributed by atoms with van der Waals surface area (Å²) in [4.78, 5) is 22.3. The van der Waals surface area contributed by atoms with Crippen LogP contribution in [0.5, 0.6) is 5.75 Å². The Morgan fingerprint density at radius 3 is 2.67 bits per heavy atom. The van der Waals surface area contributed by atoms with E-state index in [0.717, 1.165) is 5.56 Å². The molecule has 5 heteroatoms. The number of carboxylic acid groups (broad SMARTS) is 1. The molecule has 1 rings (SSSR count). The maximum atomic E-state index is 11.8. The second kappa shape index (κ2) is 6.05.